The lowest BCUT2D eigenvalue weighted by Gasteiger charge is -2.28. The van der Waals surface area contributed by atoms with E-state index in [1.807, 2.05) is 0 Å². The molecule has 0 amide bonds. The Morgan fingerprint density at radius 2 is 1.94 bits per heavy atom. The molecule has 0 saturated carbocycles. The van der Waals surface area contributed by atoms with E-state index in [0.29, 0.717) is 6.04 Å². The van der Waals surface area contributed by atoms with E-state index in [1.54, 1.807) is 0 Å². The molecule has 3 heteroatoms. The molecule has 100 valence electrons. The standard InChI is InChI=1S/C15H25N3/c1-12(2)16-11-14-9-13(3)17-15(10-14)18-7-5-4-6-8-18/h9-10,12,16H,4-8,11H2,1-3H3. The summed E-state index contributed by atoms with van der Waals surface area (Å²) in [6, 6.07) is 4.95. The summed E-state index contributed by atoms with van der Waals surface area (Å²) in [5, 5.41) is 3.47. The summed E-state index contributed by atoms with van der Waals surface area (Å²) in [5.41, 5.74) is 2.47. The minimum atomic E-state index is 0.525. The average Bonchev–Trinajstić information content (AvgIpc) is 2.37. The first-order valence-electron chi connectivity index (χ1n) is 7.11. The van der Waals surface area contributed by atoms with Gasteiger partial charge in [0, 0.05) is 31.4 Å². The molecule has 1 aromatic heterocycles. The first kappa shape index (κ1) is 13.3. The van der Waals surface area contributed by atoms with Gasteiger partial charge in [0.05, 0.1) is 0 Å². The zero-order valence-electron chi connectivity index (χ0n) is 11.9. The fourth-order valence-corrected chi connectivity index (χ4v) is 2.43. The summed E-state index contributed by atoms with van der Waals surface area (Å²) in [6.45, 7) is 9.70. The first-order chi connectivity index (χ1) is 8.65. The van der Waals surface area contributed by atoms with Gasteiger partial charge in [0.2, 0.25) is 0 Å². The predicted octanol–water partition coefficient (Wildman–Crippen LogP) is 2.88. The van der Waals surface area contributed by atoms with Crippen molar-refractivity contribution in [2.24, 2.45) is 0 Å². The molecule has 0 radical (unpaired) electrons. The Labute approximate surface area is 111 Å². The second-order valence-electron chi connectivity index (χ2n) is 5.56. The molecule has 2 heterocycles. The Morgan fingerprint density at radius 3 is 2.61 bits per heavy atom. The van der Waals surface area contributed by atoms with E-state index >= 15 is 0 Å². The van der Waals surface area contributed by atoms with Gasteiger partial charge in [-0.3, -0.25) is 0 Å². The van der Waals surface area contributed by atoms with Crippen molar-refractivity contribution in [2.45, 2.75) is 52.6 Å². The summed E-state index contributed by atoms with van der Waals surface area (Å²) < 4.78 is 0. The third kappa shape index (κ3) is 3.70. The van der Waals surface area contributed by atoms with Gasteiger partial charge in [0.15, 0.2) is 0 Å². The Balaban J connectivity index is 2.09. The van der Waals surface area contributed by atoms with Crippen LogP contribution in [0.4, 0.5) is 5.82 Å². The number of hydrogen-bond acceptors (Lipinski definition) is 3. The molecule has 0 bridgehead atoms. The average molecular weight is 247 g/mol. The molecular formula is C15H25N3. The second kappa shape index (κ2) is 6.19. The molecule has 0 atom stereocenters. The number of rotatable bonds is 4. The smallest absolute Gasteiger partial charge is 0.129 e. The monoisotopic (exact) mass is 247 g/mol. The molecule has 0 unspecified atom stereocenters. The van der Waals surface area contributed by atoms with E-state index < -0.39 is 0 Å². The molecule has 18 heavy (non-hydrogen) atoms. The topological polar surface area (TPSA) is 28.2 Å². The van der Waals surface area contributed by atoms with Gasteiger partial charge in [0.25, 0.3) is 0 Å². The van der Waals surface area contributed by atoms with Gasteiger partial charge < -0.3 is 10.2 Å². The van der Waals surface area contributed by atoms with Crippen molar-refractivity contribution in [1.82, 2.24) is 10.3 Å². The second-order valence-corrected chi connectivity index (χ2v) is 5.56. The van der Waals surface area contributed by atoms with Crippen LogP contribution in [0.3, 0.4) is 0 Å². The fraction of sp³-hybridized carbons (Fsp3) is 0.667. The summed E-state index contributed by atoms with van der Waals surface area (Å²) in [5.74, 6) is 1.16. The SMILES string of the molecule is Cc1cc(CNC(C)C)cc(N2CCCCC2)n1. The highest BCUT2D eigenvalue weighted by atomic mass is 15.2. The van der Waals surface area contributed by atoms with Crippen LogP contribution in [0.25, 0.3) is 0 Å². The Bertz CT molecular complexity index is 381. The van der Waals surface area contributed by atoms with Crippen molar-refractivity contribution < 1.29 is 0 Å². The van der Waals surface area contributed by atoms with Gasteiger partial charge in [-0.2, -0.15) is 0 Å². The minimum Gasteiger partial charge on any atom is -0.357 e. The number of nitrogens with one attached hydrogen (secondary N) is 1. The number of aryl methyl sites for hydroxylation is 1. The van der Waals surface area contributed by atoms with Crippen LogP contribution in [-0.4, -0.2) is 24.1 Å². The quantitative estimate of drug-likeness (QED) is 0.886. The maximum absolute atomic E-state index is 4.68. The van der Waals surface area contributed by atoms with E-state index in [9.17, 15) is 0 Å². The number of hydrogen-bond donors (Lipinski definition) is 1. The molecule has 0 aromatic carbocycles. The lowest BCUT2D eigenvalue weighted by molar-refractivity contribution is 0.570. The summed E-state index contributed by atoms with van der Waals surface area (Å²) in [6.07, 6.45) is 3.97. The Hall–Kier alpha value is -1.09. The van der Waals surface area contributed by atoms with Gasteiger partial charge >= 0.3 is 0 Å². The van der Waals surface area contributed by atoms with Crippen molar-refractivity contribution in [3.05, 3.63) is 23.4 Å². The number of aromatic nitrogens is 1. The fourth-order valence-electron chi connectivity index (χ4n) is 2.43. The Kier molecular flexibility index (Phi) is 4.59. The summed E-state index contributed by atoms with van der Waals surface area (Å²) in [4.78, 5) is 7.11. The molecule has 3 nitrogen and oxygen atoms in total. The largest absolute Gasteiger partial charge is 0.357 e. The number of anilines is 1. The van der Waals surface area contributed by atoms with Crippen LogP contribution in [0.2, 0.25) is 0 Å². The molecule has 0 spiro atoms. The Morgan fingerprint density at radius 1 is 1.22 bits per heavy atom. The van der Waals surface area contributed by atoms with E-state index in [1.165, 1.54) is 24.8 Å². The highest BCUT2D eigenvalue weighted by Crippen LogP contribution is 2.19. The lowest BCUT2D eigenvalue weighted by atomic mass is 10.1. The van der Waals surface area contributed by atoms with Crippen molar-refractivity contribution in [2.75, 3.05) is 18.0 Å². The molecule has 1 fully saturated rings. The summed E-state index contributed by atoms with van der Waals surface area (Å²) >= 11 is 0. The first-order valence-corrected chi connectivity index (χ1v) is 7.11. The van der Waals surface area contributed by atoms with Crippen molar-refractivity contribution in [3.63, 3.8) is 0 Å². The molecular weight excluding hydrogens is 222 g/mol. The van der Waals surface area contributed by atoms with Crippen LogP contribution >= 0.6 is 0 Å². The minimum absolute atomic E-state index is 0.525. The van der Waals surface area contributed by atoms with E-state index in [4.69, 9.17) is 0 Å². The molecule has 1 N–H and O–H groups in total. The van der Waals surface area contributed by atoms with E-state index in [-0.39, 0.29) is 0 Å². The molecule has 1 aliphatic rings. The van der Waals surface area contributed by atoms with E-state index in [2.05, 4.69) is 48.1 Å². The molecule has 0 aliphatic carbocycles. The molecule has 2 rings (SSSR count). The van der Waals surface area contributed by atoms with Gasteiger partial charge in [0.1, 0.15) is 5.82 Å². The lowest BCUT2D eigenvalue weighted by Crippen LogP contribution is -2.30. The zero-order valence-corrected chi connectivity index (χ0v) is 11.9. The van der Waals surface area contributed by atoms with Crippen molar-refractivity contribution in [1.29, 1.82) is 0 Å². The zero-order chi connectivity index (χ0) is 13.0. The molecule has 1 saturated heterocycles. The number of nitrogens with zero attached hydrogens (tertiary/aromatic N) is 2. The maximum atomic E-state index is 4.68. The third-order valence-electron chi connectivity index (χ3n) is 3.39. The maximum Gasteiger partial charge on any atom is 0.129 e. The van der Waals surface area contributed by atoms with Crippen LogP contribution in [0, 0.1) is 6.92 Å². The number of pyridine rings is 1. The third-order valence-corrected chi connectivity index (χ3v) is 3.39. The normalized spacial score (nSPS) is 16.3. The van der Waals surface area contributed by atoms with Gasteiger partial charge in [-0.15, -0.1) is 0 Å². The molecule has 1 aliphatic heterocycles. The van der Waals surface area contributed by atoms with Gasteiger partial charge in [-0.25, -0.2) is 4.98 Å². The van der Waals surface area contributed by atoms with Gasteiger partial charge in [-0.1, -0.05) is 13.8 Å². The van der Waals surface area contributed by atoms with E-state index in [0.717, 1.165) is 31.1 Å². The van der Waals surface area contributed by atoms with Crippen LogP contribution in [0.15, 0.2) is 12.1 Å². The van der Waals surface area contributed by atoms with Crippen LogP contribution < -0.4 is 10.2 Å². The molecule has 1 aromatic rings. The summed E-state index contributed by atoms with van der Waals surface area (Å²) in [7, 11) is 0. The predicted molar refractivity (Wildman–Crippen MR) is 77.0 cm³/mol. The van der Waals surface area contributed by atoms with Crippen LogP contribution in [0.5, 0.6) is 0 Å². The van der Waals surface area contributed by atoms with Crippen LogP contribution in [-0.2, 0) is 6.54 Å². The van der Waals surface area contributed by atoms with Crippen molar-refractivity contribution >= 4 is 5.82 Å². The number of piperidine rings is 1. The highest BCUT2D eigenvalue weighted by Gasteiger charge is 2.13. The van der Waals surface area contributed by atoms with Crippen LogP contribution in [0.1, 0.15) is 44.4 Å². The highest BCUT2D eigenvalue weighted by molar-refractivity contribution is 5.43. The van der Waals surface area contributed by atoms with Gasteiger partial charge in [-0.05, 0) is 43.9 Å². The van der Waals surface area contributed by atoms with Crippen molar-refractivity contribution in [3.8, 4) is 0 Å².